The van der Waals surface area contributed by atoms with Gasteiger partial charge in [0.2, 0.25) is 0 Å². The maximum absolute atomic E-state index is 10.8. The highest BCUT2D eigenvalue weighted by molar-refractivity contribution is 5.75. The second-order valence-corrected chi connectivity index (χ2v) is 2.14. The number of urea groups is 1. The van der Waals surface area contributed by atoms with Crippen molar-refractivity contribution in [3.63, 3.8) is 0 Å². The Labute approximate surface area is 59.3 Å². The number of hydroxylamine groups is 2. The molecule has 0 radical (unpaired) electrons. The summed E-state index contributed by atoms with van der Waals surface area (Å²) in [5.41, 5.74) is 0. The number of carbonyl (C=O) groups excluding carboxylic acids is 1. The number of carbonyl (C=O) groups is 1. The van der Waals surface area contributed by atoms with E-state index in [9.17, 15) is 4.79 Å². The van der Waals surface area contributed by atoms with Gasteiger partial charge in [-0.3, -0.25) is 5.21 Å². The van der Waals surface area contributed by atoms with Gasteiger partial charge in [-0.15, -0.1) is 6.58 Å². The van der Waals surface area contributed by atoms with Crippen LogP contribution >= 0.6 is 0 Å². The van der Waals surface area contributed by atoms with Crippen molar-refractivity contribution in [2.45, 2.75) is 0 Å². The van der Waals surface area contributed by atoms with Gasteiger partial charge in [0.15, 0.2) is 0 Å². The van der Waals surface area contributed by atoms with Gasteiger partial charge in [0, 0.05) is 13.1 Å². The van der Waals surface area contributed by atoms with Crippen LogP contribution in [-0.4, -0.2) is 40.8 Å². The molecule has 56 valence electrons. The van der Waals surface area contributed by atoms with E-state index in [1.807, 2.05) is 0 Å². The first kappa shape index (κ1) is 7.08. The third-order valence-corrected chi connectivity index (χ3v) is 1.42. The van der Waals surface area contributed by atoms with Crippen LogP contribution in [0.15, 0.2) is 12.7 Å². The van der Waals surface area contributed by atoms with E-state index in [2.05, 4.69) is 6.58 Å². The van der Waals surface area contributed by atoms with E-state index >= 15 is 0 Å². The van der Waals surface area contributed by atoms with Crippen molar-refractivity contribution in [3.8, 4) is 0 Å². The molecule has 1 rings (SSSR count). The van der Waals surface area contributed by atoms with Crippen LogP contribution in [0.5, 0.6) is 0 Å². The number of nitrogens with zero attached hydrogens (tertiary/aromatic N) is 2. The van der Waals surface area contributed by atoms with Crippen molar-refractivity contribution >= 4 is 6.03 Å². The molecule has 0 aromatic heterocycles. The summed E-state index contributed by atoms with van der Waals surface area (Å²) in [5, 5.41) is 9.51. The molecule has 2 amide bonds. The fourth-order valence-electron chi connectivity index (χ4n) is 0.895. The molecule has 4 nitrogen and oxygen atoms in total. The molecule has 0 bridgehead atoms. The van der Waals surface area contributed by atoms with Crippen LogP contribution in [0.4, 0.5) is 4.79 Å². The minimum Gasteiger partial charge on any atom is -0.317 e. The Balaban J connectivity index is 2.48. The summed E-state index contributed by atoms with van der Waals surface area (Å²) >= 11 is 0. The standard InChI is InChI=1S/C6H10N2O2/c1-2-3-7-4-5-8(10)6(7)9/h2,10H,1,3-5H2. The summed E-state index contributed by atoms with van der Waals surface area (Å²) in [5.74, 6) is 0. The molecule has 0 aromatic rings. The highest BCUT2D eigenvalue weighted by atomic mass is 16.5. The maximum Gasteiger partial charge on any atom is 0.344 e. The second-order valence-electron chi connectivity index (χ2n) is 2.14. The van der Waals surface area contributed by atoms with Crippen molar-refractivity contribution in [1.82, 2.24) is 9.96 Å². The first-order valence-corrected chi connectivity index (χ1v) is 3.12. The lowest BCUT2D eigenvalue weighted by molar-refractivity contribution is -0.0264. The molecule has 0 aliphatic carbocycles. The normalized spacial score (nSPS) is 18.3. The van der Waals surface area contributed by atoms with Gasteiger partial charge in [-0.25, -0.2) is 9.86 Å². The van der Waals surface area contributed by atoms with Crippen molar-refractivity contribution in [2.75, 3.05) is 19.6 Å². The molecule has 0 spiro atoms. The first-order chi connectivity index (χ1) is 4.75. The van der Waals surface area contributed by atoms with Crippen LogP contribution in [0.2, 0.25) is 0 Å². The average molecular weight is 142 g/mol. The molecule has 1 heterocycles. The molecule has 0 atom stereocenters. The fraction of sp³-hybridized carbons (Fsp3) is 0.500. The van der Waals surface area contributed by atoms with Gasteiger partial charge < -0.3 is 4.90 Å². The molecular formula is C6H10N2O2. The SMILES string of the molecule is C=CCN1CCN(O)C1=O. The number of hydrogen-bond acceptors (Lipinski definition) is 2. The fourth-order valence-corrected chi connectivity index (χ4v) is 0.895. The quantitative estimate of drug-likeness (QED) is 0.445. The van der Waals surface area contributed by atoms with E-state index in [1.54, 1.807) is 6.08 Å². The van der Waals surface area contributed by atoms with Crippen molar-refractivity contribution < 1.29 is 10.0 Å². The van der Waals surface area contributed by atoms with Gasteiger partial charge >= 0.3 is 6.03 Å². The zero-order valence-corrected chi connectivity index (χ0v) is 5.66. The third kappa shape index (κ3) is 1.11. The van der Waals surface area contributed by atoms with Crippen LogP contribution in [0, 0.1) is 0 Å². The van der Waals surface area contributed by atoms with E-state index in [4.69, 9.17) is 5.21 Å². The van der Waals surface area contributed by atoms with Gasteiger partial charge in [0.05, 0.1) is 6.54 Å². The van der Waals surface area contributed by atoms with E-state index in [0.717, 1.165) is 0 Å². The number of amides is 2. The van der Waals surface area contributed by atoms with Crippen LogP contribution in [0.3, 0.4) is 0 Å². The molecule has 0 saturated carbocycles. The minimum atomic E-state index is -0.333. The molecule has 1 N–H and O–H groups in total. The molecule has 4 heteroatoms. The van der Waals surface area contributed by atoms with Crippen LogP contribution < -0.4 is 0 Å². The molecule has 1 saturated heterocycles. The lowest BCUT2D eigenvalue weighted by Crippen LogP contribution is -2.29. The zero-order chi connectivity index (χ0) is 7.56. The maximum atomic E-state index is 10.8. The van der Waals surface area contributed by atoms with Crippen molar-refractivity contribution in [3.05, 3.63) is 12.7 Å². The highest BCUT2D eigenvalue weighted by Crippen LogP contribution is 2.04. The van der Waals surface area contributed by atoms with Gasteiger partial charge in [-0.05, 0) is 0 Å². The molecular weight excluding hydrogens is 132 g/mol. The summed E-state index contributed by atoms with van der Waals surface area (Å²) in [4.78, 5) is 12.4. The van der Waals surface area contributed by atoms with E-state index < -0.39 is 0 Å². The average Bonchev–Trinajstić information content (AvgIpc) is 2.20. The summed E-state index contributed by atoms with van der Waals surface area (Å²) in [6.07, 6.45) is 1.64. The topological polar surface area (TPSA) is 43.8 Å². The molecule has 1 fully saturated rings. The van der Waals surface area contributed by atoms with E-state index in [-0.39, 0.29) is 6.03 Å². The zero-order valence-electron chi connectivity index (χ0n) is 5.66. The predicted octanol–water partition coefficient (Wildman–Crippen LogP) is 0.299. The minimum absolute atomic E-state index is 0.333. The molecule has 0 unspecified atom stereocenters. The Morgan fingerprint density at radius 2 is 2.40 bits per heavy atom. The van der Waals surface area contributed by atoms with Crippen molar-refractivity contribution in [1.29, 1.82) is 0 Å². The van der Waals surface area contributed by atoms with Gasteiger partial charge in [-0.1, -0.05) is 6.08 Å². The third-order valence-electron chi connectivity index (χ3n) is 1.42. The summed E-state index contributed by atoms with van der Waals surface area (Å²) < 4.78 is 0. The lowest BCUT2D eigenvalue weighted by Gasteiger charge is -2.11. The molecule has 1 aliphatic heterocycles. The lowest BCUT2D eigenvalue weighted by atomic mass is 10.5. The van der Waals surface area contributed by atoms with Gasteiger partial charge in [0.25, 0.3) is 0 Å². The van der Waals surface area contributed by atoms with Crippen molar-refractivity contribution in [2.24, 2.45) is 0 Å². The van der Waals surface area contributed by atoms with Gasteiger partial charge in [-0.2, -0.15) is 0 Å². The highest BCUT2D eigenvalue weighted by Gasteiger charge is 2.25. The molecule has 10 heavy (non-hydrogen) atoms. The van der Waals surface area contributed by atoms with Crippen LogP contribution in [0.1, 0.15) is 0 Å². The van der Waals surface area contributed by atoms with Crippen LogP contribution in [-0.2, 0) is 0 Å². The predicted molar refractivity (Wildman–Crippen MR) is 35.7 cm³/mol. The Kier molecular flexibility index (Phi) is 1.91. The first-order valence-electron chi connectivity index (χ1n) is 3.12. The van der Waals surface area contributed by atoms with E-state index in [0.29, 0.717) is 24.7 Å². The monoisotopic (exact) mass is 142 g/mol. The Hall–Kier alpha value is -1.03. The smallest absolute Gasteiger partial charge is 0.317 e. The summed E-state index contributed by atoms with van der Waals surface area (Å²) in [7, 11) is 0. The van der Waals surface area contributed by atoms with Gasteiger partial charge in [0.1, 0.15) is 0 Å². The number of rotatable bonds is 2. The Bertz CT molecular complexity index is 158. The molecule has 1 aliphatic rings. The largest absolute Gasteiger partial charge is 0.344 e. The summed E-state index contributed by atoms with van der Waals surface area (Å²) in [6.45, 7) is 4.98. The summed E-state index contributed by atoms with van der Waals surface area (Å²) in [6, 6.07) is -0.333. The van der Waals surface area contributed by atoms with E-state index in [1.165, 1.54) is 4.90 Å². The molecule has 0 aromatic carbocycles. The second kappa shape index (κ2) is 2.70. The van der Waals surface area contributed by atoms with Crippen LogP contribution in [0.25, 0.3) is 0 Å². The number of hydrogen-bond donors (Lipinski definition) is 1. The Morgan fingerprint density at radius 1 is 1.70 bits per heavy atom. The Morgan fingerprint density at radius 3 is 2.80 bits per heavy atom.